The van der Waals surface area contributed by atoms with Gasteiger partial charge in [-0.15, -0.1) is 0 Å². The molecule has 73 heavy (non-hydrogen) atoms. The summed E-state index contributed by atoms with van der Waals surface area (Å²) in [4.78, 5) is 0. The van der Waals surface area contributed by atoms with Crippen LogP contribution in [-0.4, -0.2) is 31.6 Å². The molecule has 6 nitrogen and oxygen atoms in total. The maximum absolute atomic E-state index is 12.7. The number of fused-ring (bicyclic) bond motifs is 2. The fraction of sp³-hybridized carbons (Fsp3) is 0.403. The molecule has 0 aliphatic carbocycles. The molecular formula is C67H82N2O4. The lowest BCUT2D eigenvalue weighted by Gasteiger charge is -2.34. The highest BCUT2D eigenvalue weighted by Crippen LogP contribution is 2.49. The molecule has 0 fully saturated rings. The molecule has 0 aliphatic heterocycles. The zero-order valence-electron chi connectivity index (χ0n) is 47.3. The van der Waals surface area contributed by atoms with Crippen LogP contribution in [0.3, 0.4) is 0 Å². The molecule has 8 rings (SSSR count). The first kappa shape index (κ1) is 52.9. The van der Waals surface area contributed by atoms with Gasteiger partial charge in [-0.1, -0.05) is 129 Å². The third kappa shape index (κ3) is 10.7. The Morgan fingerprint density at radius 3 is 1.16 bits per heavy atom. The maximum atomic E-state index is 12.7. The molecule has 0 bridgehead atoms. The van der Waals surface area contributed by atoms with Crippen molar-refractivity contribution in [2.45, 2.75) is 167 Å². The van der Waals surface area contributed by atoms with Gasteiger partial charge in [0.15, 0.2) is 0 Å². The Morgan fingerprint density at radius 1 is 0.452 bits per heavy atom. The first-order valence-electron chi connectivity index (χ1n) is 26.5. The third-order valence-electron chi connectivity index (χ3n) is 15.2. The maximum Gasteiger partial charge on any atom is 0.147 e. The molecule has 8 aromatic rings. The van der Waals surface area contributed by atoms with Crippen molar-refractivity contribution in [2.75, 3.05) is 0 Å². The van der Waals surface area contributed by atoms with Crippen LogP contribution < -0.4 is 9.47 Å². The fourth-order valence-corrected chi connectivity index (χ4v) is 12.2. The van der Waals surface area contributed by atoms with Crippen molar-refractivity contribution < 1.29 is 19.7 Å². The minimum absolute atomic E-state index is 0.0757. The molecule has 0 amide bonds. The second kappa shape index (κ2) is 19.5. The Morgan fingerprint density at radius 2 is 0.808 bits per heavy atom. The number of hydrogen-bond donors (Lipinski definition) is 2. The Labute approximate surface area is 437 Å². The second-order valence-electron chi connectivity index (χ2n) is 25.2. The minimum atomic E-state index is -0.263. The second-order valence-corrected chi connectivity index (χ2v) is 25.2. The molecule has 0 aliphatic rings. The molecule has 6 aromatic carbocycles. The van der Waals surface area contributed by atoms with Gasteiger partial charge in [0, 0.05) is 50.8 Å². The van der Waals surface area contributed by atoms with Crippen molar-refractivity contribution in [3.63, 3.8) is 0 Å². The molecule has 2 aromatic heterocycles. The van der Waals surface area contributed by atoms with Gasteiger partial charge < -0.3 is 28.8 Å². The molecule has 2 atom stereocenters. The number of benzene rings is 6. The Balaban J connectivity index is 1.17. The Hall–Kier alpha value is -6.40. The predicted molar refractivity (Wildman–Crippen MR) is 308 cm³/mol. The Bertz CT molecular complexity index is 3140. The topological polar surface area (TPSA) is 68.8 Å². The molecule has 0 saturated carbocycles. The van der Waals surface area contributed by atoms with E-state index in [4.69, 9.17) is 9.47 Å². The third-order valence-corrected chi connectivity index (χ3v) is 15.2. The number of para-hydroxylation sites is 2. The number of aromatic hydroxyl groups is 2. The first-order chi connectivity index (χ1) is 34.0. The van der Waals surface area contributed by atoms with Crippen LogP contribution in [-0.2, 0) is 10.8 Å². The monoisotopic (exact) mass is 979 g/mol. The van der Waals surface area contributed by atoms with Crippen LogP contribution in [0.4, 0.5) is 0 Å². The van der Waals surface area contributed by atoms with E-state index in [-0.39, 0.29) is 45.4 Å². The van der Waals surface area contributed by atoms with Gasteiger partial charge in [0.05, 0.1) is 34.6 Å². The highest BCUT2D eigenvalue weighted by Gasteiger charge is 2.33. The van der Waals surface area contributed by atoms with Gasteiger partial charge in [-0.3, -0.25) is 0 Å². The molecule has 2 heterocycles. The Kier molecular flexibility index (Phi) is 14.1. The average molecular weight is 979 g/mol. The summed E-state index contributed by atoms with van der Waals surface area (Å²) >= 11 is 0. The molecule has 0 unspecified atom stereocenters. The molecule has 0 radical (unpaired) electrons. The van der Waals surface area contributed by atoms with E-state index < -0.39 is 0 Å². The highest BCUT2D eigenvalue weighted by molar-refractivity contribution is 5.91. The van der Waals surface area contributed by atoms with E-state index in [0.717, 1.165) is 91.1 Å². The quantitative estimate of drug-likeness (QED) is 0.114. The molecule has 0 spiro atoms. The van der Waals surface area contributed by atoms with E-state index >= 15 is 0 Å². The lowest BCUT2D eigenvalue weighted by atomic mass is 9.71. The van der Waals surface area contributed by atoms with Gasteiger partial charge in [-0.05, 0) is 173 Å². The van der Waals surface area contributed by atoms with Crippen LogP contribution >= 0.6 is 0 Å². The predicted octanol–water partition coefficient (Wildman–Crippen LogP) is 18.2. The van der Waals surface area contributed by atoms with Gasteiger partial charge >= 0.3 is 0 Å². The van der Waals surface area contributed by atoms with Crippen molar-refractivity contribution in [3.05, 3.63) is 154 Å². The number of hydrogen-bond acceptors (Lipinski definition) is 4. The van der Waals surface area contributed by atoms with Gasteiger partial charge in [-0.25, -0.2) is 0 Å². The van der Waals surface area contributed by atoms with E-state index in [0.29, 0.717) is 17.9 Å². The number of aryl methyl sites for hydroxylation is 4. The van der Waals surface area contributed by atoms with Crippen molar-refractivity contribution in [2.24, 2.45) is 10.8 Å². The highest BCUT2D eigenvalue weighted by atomic mass is 16.5. The van der Waals surface area contributed by atoms with Crippen molar-refractivity contribution >= 4 is 21.8 Å². The van der Waals surface area contributed by atoms with Crippen molar-refractivity contribution in [1.82, 2.24) is 9.13 Å². The fourth-order valence-electron chi connectivity index (χ4n) is 12.2. The van der Waals surface area contributed by atoms with E-state index in [1.807, 2.05) is 12.1 Å². The number of aromatic nitrogens is 2. The van der Waals surface area contributed by atoms with Gasteiger partial charge in [0.1, 0.15) is 23.0 Å². The summed E-state index contributed by atoms with van der Waals surface area (Å²) in [5.74, 6) is 1.85. The smallest absolute Gasteiger partial charge is 0.147 e. The number of phenolic OH excluding ortho intramolecular Hbond substituents is 2. The summed E-state index contributed by atoms with van der Waals surface area (Å²) < 4.78 is 18.4. The summed E-state index contributed by atoms with van der Waals surface area (Å²) in [6.07, 6.45) is 1.96. The molecular weight excluding hydrogens is 897 g/mol. The van der Waals surface area contributed by atoms with Gasteiger partial charge in [0.2, 0.25) is 0 Å². The van der Waals surface area contributed by atoms with Crippen molar-refractivity contribution in [3.8, 4) is 56.6 Å². The molecule has 384 valence electrons. The van der Waals surface area contributed by atoms with Crippen LogP contribution in [0.5, 0.6) is 23.0 Å². The van der Waals surface area contributed by atoms with Crippen LogP contribution in [0.2, 0.25) is 0 Å². The lowest BCUT2D eigenvalue weighted by Crippen LogP contribution is -2.25. The summed E-state index contributed by atoms with van der Waals surface area (Å²) in [6.45, 7) is 40.0. The van der Waals surface area contributed by atoms with Gasteiger partial charge in [-0.2, -0.15) is 0 Å². The van der Waals surface area contributed by atoms with Gasteiger partial charge in [0.25, 0.3) is 0 Å². The van der Waals surface area contributed by atoms with E-state index in [2.05, 4.69) is 231 Å². The van der Waals surface area contributed by atoms with Crippen LogP contribution in [0.1, 0.15) is 147 Å². The number of nitrogens with zero attached hydrogens (tertiary/aromatic N) is 2. The number of rotatable bonds is 14. The number of ether oxygens (including phenoxy) is 2. The van der Waals surface area contributed by atoms with E-state index in [1.165, 1.54) is 21.9 Å². The summed E-state index contributed by atoms with van der Waals surface area (Å²) in [5, 5.41) is 27.7. The van der Waals surface area contributed by atoms with E-state index in [9.17, 15) is 10.2 Å². The largest absolute Gasteiger partial charge is 0.505 e. The summed E-state index contributed by atoms with van der Waals surface area (Å²) in [6, 6.07) is 38.3. The summed E-state index contributed by atoms with van der Waals surface area (Å²) in [7, 11) is 0. The summed E-state index contributed by atoms with van der Waals surface area (Å²) in [5.41, 5.74) is 15.6. The van der Waals surface area contributed by atoms with Crippen LogP contribution in [0, 0.1) is 52.4 Å². The van der Waals surface area contributed by atoms with E-state index in [1.54, 1.807) is 0 Å². The standard InChI is InChI=1S/C67H82N2O4/c1-40-27-29-60(52(31-40)54-34-48(66(15,16)38-64(9,10)11)36-58(62(54)70)68-46(7)44(5)50-23-19-21-25-56(50)68)72-42(3)33-43(4)73-61-30-28-41(2)32-53(61)55-35-49(67(17,18)39-65(12,13)14)37-59(63(55)71)69-47(8)45(6)51-24-20-22-26-57(51)69/h19-32,34-37,42-43,70-71H,33,38-39H2,1-18H3/t42-,43+. The van der Waals surface area contributed by atoms with Crippen LogP contribution in [0.15, 0.2) is 109 Å². The first-order valence-corrected chi connectivity index (χ1v) is 26.5. The minimum Gasteiger partial charge on any atom is -0.505 e. The molecule has 2 N–H and O–H groups in total. The van der Waals surface area contributed by atoms with Crippen molar-refractivity contribution in [1.29, 1.82) is 0 Å². The lowest BCUT2D eigenvalue weighted by molar-refractivity contribution is 0.131. The zero-order chi connectivity index (χ0) is 53.3. The van der Waals surface area contributed by atoms with Crippen LogP contribution in [0.25, 0.3) is 55.4 Å². The normalized spacial score (nSPS) is 13.5. The average Bonchev–Trinajstić information content (AvgIpc) is 3.69. The SMILES string of the molecule is Cc1ccc(O[C@H](C)C[C@H](C)Oc2ccc(C)cc2-c2cc(C(C)(C)CC(C)(C)C)cc(-n3c(C)c(C)c4ccccc43)c2O)c(-c2cc(C(C)(C)CC(C)(C)C)cc(-n3c(C)c(C)c4ccccc43)c2O)c1. The number of phenols is 2. The zero-order valence-corrected chi connectivity index (χ0v) is 47.3. The molecule has 6 heteroatoms. The molecule has 0 saturated heterocycles.